The Hall–Kier alpha value is -0.730. The fraction of sp³-hybridized carbons (Fsp3) is 0.889. The number of amides is 1. The Morgan fingerprint density at radius 1 is 1.25 bits per heavy atom. The zero-order valence-electron chi connectivity index (χ0n) is 7.27. The summed E-state index contributed by atoms with van der Waals surface area (Å²) < 4.78 is 5.02. The molecular weight excluding hydrogens is 154 g/mol. The van der Waals surface area contributed by atoms with E-state index in [0.717, 1.165) is 6.54 Å². The van der Waals surface area contributed by atoms with Gasteiger partial charge in [-0.2, -0.15) is 0 Å². The van der Waals surface area contributed by atoms with Gasteiger partial charge in [0, 0.05) is 12.0 Å². The molecule has 0 unspecified atom stereocenters. The predicted molar refractivity (Wildman–Crippen MR) is 44.9 cm³/mol. The SMILES string of the molecule is O=C1NCC2(CCCCC2)CO1. The number of carbonyl (C=O) groups excluding carboxylic acids is 1. The number of hydrogen-bond donors (Lipinski definition) is 1. The maximum absolute atomic E-state index is 10.8. The maximum Gasteiger partial charge on any atom is 0.407 e. The fourth-order valence-corrected chi connectivity index (χ4v) is 2.20. The lowest BCUT2D eigenvalue weighted by molar-refractivity contribution is 0.0272. The summed E-state index contributed by atoms with van der Waals surface area (Å²) in [5.74, 6) is 0. The molecule has 3 nitrogen and oxygen atoms in total. The second-order valence-corrected chi connectivity index (χ2v) is 3.99. The molecule has 0 bridgehead atoms. The molecule has 0 radical (unpaired) electrons. The van der Waals surface area contributed by atoms with Gasteiger partial charge < -0.3 is 10.1 Å². The van der Waals surface area contributed by atoms with Gasteiger partial charge in [0.15, 0.2) is 0 Å². The molecular formula is C9H15NO2. The number of cyclic esters (lactones) is 1. The fourth-order valence-electron chi connectivity index (χ4n) is 2.20. The number of carbonyl (C=O) groups is 1. The van der Waals surface area contributed by atoms with E-state index < -0.39 is 0 Å². The first kappa shape index (κ1) is 7.90. The number of nitrogens with one attached hydrogen (secondary N) is 1. The summed E-state index contributed by atoms with van der Waals surface area (Å²) in [6.45, 7) is 1.46. The van der Waals surface area contributed by atoms with Crippen molar-refractivity contribution in [2.24, 2.45) is 5.41 Å². The average Bonchev–Trinajstić information content (AvgIpc) is 2.13. The first-order valence-corrected chi connectivity index (χ1v) is 4.71. The monoisotopic (exact) mass is 169 g/mol. The third kappa shape index (κ3) is 1.40. The largest absolute Gasteiger partial charge is 0.449 e. The van der Waals surface area contributed by atoms with E-state index in [1.807, 2.05) is 0 Å². The van der Waals surface area contributed by atoms with Gasteiger partial charge in [0.05, 0.1) is 0 Å². The molecule has 68 valence electrons. The van der Waals surface area contributed by atoms with Crippen molar-refractivity contribution < 1.29 is 9.53 Å². The molecule has 2 aliphatic rings. The smallest absolute Gasteiger partial charge is 0.407 e. The van der Waals surface area contributed by atoms with Crippen molar-refractivity contribution in [1.82, 2.24) is 5.32 Å². The van der Waals surface area contributed by atoms with E-state index in [2.05, 4.69) is 5.32 Å². The van der Waals surface area contributed by atoms with E-state index in [1.165, 1.54) is 32.1 Å². The third-order valence-corrected chi connectivity index (χ3v) is 3.03. The molecule has 1 amide bonds. The molecule has 0 atom stereocenters. The van der Waals surface area contributed by atoms with Crippen LogP contribution < -0.4 is 5.32 Å². The normalized spacial score (nSPS) is 27.8. The van der Waals surface area contributed by atoms with Crippen molar-refractivity contribution in [2.45, 2.75) is 32.1 Å². The van der Waals surface area contributed by atoms with Gasteiger partial charge in [0.1, 0.15) is 6.61 Å². The van der Waals surface area contributed by atoms with E-state index in [9.17, 15) is 4.79 Å². The highest BCUT2D eigenvalue weighted by Crippen LogP contribution is 2.37. The van der Waals surface area contributed by atoms with Crippen LogP contribution in [0.25, 0.3) is 0 Å². The van der Waals surface area contributed by atoms with Crippen LogP contribution in [0, 0.1) is 5.41 Å². The van der Waals surface area contributed by atoms with Crippen LogP contribution in [-0.2, 0) is 4.74 Å². The summed E-state index contributed by atoms with van der Waals surface area (Å²) in [6.07, 6.45) is 6.11. The Morgan fingerprint density at radius 2 is 2.00 bits per heavy atom. The van der Waals surface area contributed by atoms with Gasteiger partial charge in [-0.25, -0.2) is 4.79 Å². The van der Waals surface area contributed by atoms with Gasteiger partial charge in [-0.1, -0.05) is 19.3 Å². The van der Waals surface area contributed by atoms with Crippen molar-refractivity contribution in [3.63, 3.8) is 0 Å². The van der Waals surface area contributed by atoms with Crippen molar-refractivity contribution in [3.05, 3.63) is 0 Å². The maximum atomic E-state index is 10.8. The summed E-state index contributed by atoms with van der Waals surface area (Å²) >= 11 is 0. The Bertz CT molecular complexity index is 173. The quantitative estimate of drug-likeness (QED) is 0.599. The van der Waals surface area contributed by atoms with Crippen molar-refractivity contribution >= 4 is 6.09 Å². The van der Waals surface area contributed by atoms with Crippen LogP contribution in [0.2, 0.25) is 0 Å². The lowest BCUT2D eigenvalue weighted by atomic mass is 9.74. The molecule has 12 heavy (non-hydrogen) atoms. The topological polar surface area (TPSA) is 38.3 Å². The molecule has 3 heteroatoms. The van der Waals surface area contributed by atoms with Gasteiger partial charge in [-0.05, 0) is 12.8 Å². The first-order chi connectivity index (χ1) is 5.81. The van der Waals surface area contributed by atoms with E-state index in [4.69, 9.17) is 4.74 Å². The second-order valence-electron chi connectivity index (χ2n) is 3.99. The highest BCUT2D eigenvalue weighted by atomic mass is 16.6. The molecule has 1 aliphatic heterocycles. The van der Waals surface area contributed by atoms with E-state index in [1.54, 1.807) is 0 Å². The zero-order chi connectivity index (χ0) is 8.44. The summed E-state index contributed by atoms with van der Waals surface area (Å²) in [4.78, 5) is 10.8. The van der Waals surface area contributed by atoms with E-state index >= 15 is 0 Å². The van der Waals surface area contributed by atoms with Gasteiger partial charge in [0.2, 0.25) is 0 Å². The molecule has 1 saturated carbocycles. The summed E-state index contributed by atoms with van der Waals surface area (Å²) in [7, 11) is 0. The van der Waals surface area contributed by atoms with E-state index in [-0.39, 0.29) is 11.5 Å². The minimum Gasteiger partial charge on any atom is -0.449 e. The molecule has 2 rings (SSSR count). The molecule has 2 fully saturated rings. The number of ether oxygens (including phenoxy) is 1. The van der Waals surface area contributed by atoms with Crippen LogP contribution in [0.1, 0.15) is 32.1 Å². The standard InChI is InChI=1S/C9H15NO2/c11-8-10-6-9(7-12-8)4-2-1-3-5-9/h1-7H2,(H,10,11). The van der Waals surface area contributed by atoms with Crippen molar-refractivity contribution in [3.8, 4) is 0 Å². The number of hydrogen-bond acceptors (Lipinski definition) is 2. The third-order valence-electron chi connectivity index (χ3n) is 3.03. The van der Waals surface area contributed by atoms with Gasteiger partial charge >= 0.3 is 6.09 Å². The van der Waals surface area contributed by atoms with Crippen molar-refractivity contribution in [2.75, 3.05) is 13.2 Å². The molecule has 1 spiro atoms. The van der Waals surface area contributed by atoms with Crippen LogP contribution in [-0.4, -0.2) is 19.2 Å². The predicted octanol–water partition coefficient (Wildman–Crippen LogP) is 1.68. The molecule has 1 aliphatic carbocycles. The first-order valence-electron chi connectivity index (χ1n) is 4.71. The van der Waals surface area contributed by atoms with Gasteiger partial charge in [-0.3, -0.25) is 0 Å². The van der Waals surface area contributed by atoms with Crippen molar-refractivity contribution in [1.29, 1.82) is 0 Å². The highest BCUT2D eigenvalue weighted by Gasteiger charge is 2.36. The minimum absolute atomic E-state index is 0.244. The summed E-state index contributed by atoms with van der Waals surface area (Å²) in [5.41, 5.74) is 0.284. The lowest BCUT2D eigenvalue weighted by Crippen LogP contribution is -2.48. The molecule has 1 saturated heterocycles. The van der Waals surface area contributed by atoms with Gasteiger partial charge in [-0.15, -0.1) is 0 Å². The number of rotatable bonds is 0. The highest BCUT2D eigenvalue weighted by molar-refractivity contribution is 5.68. The van der Waals surface area contributed by atoms with Crippen LogP contribution in [0.5, 0.6) is 0 Å². The second kappa shape index (κ2) is 2.96. The van der Waals surface area contributed by atoms with Crippen LogP contribution in [0.15, 0.2) is 0 Å². The zero-order valence-corrected chi connectivity index (χ0v) is 7.27. The van der Waals surface area contributed by atoms with Crippen LogP contribution >= 0.6 is 0 Å². The molecule has 1 N–H and O–H groups in total. The Morgan fingerprint density at radius 3 is 2.58 bits per heavy atom. The minimum atomic E-state index is -0.244. The molecule has 0 aromatic heterocycles. The Balaban J connectivity index is 1.96. The van der Waals surface area contributed by atoms with Gasteiger partial charge in [0.25, 0.3) is 0 Å². The Labute approximate surface area is 72.5 Å². The number of alkyl carbamates (subject to hydrolysis) is 1. The average molecular weight is 169 g/mol. The van der Waals surface area contributed by atoms with Crippen LogP contribution in [0.4, 0.5) is 4.79 Å². The molecule has 0 aromatic carbocycles. The molecule has 1 heterocycles. The van der Waals surface area contributed by atoms with Crippen LogP contribution in [0.3, 0.4) is 0 Å². The lowest BCUT2D eigenvalue weighted by Gasteiger charge is -2.39. The molecule has 0 aromatic rings. The Kier molecular flexibility index (Phi) is 1.95. The summed E-state index contributed by atoms with van der Waals surface area (Å²) in [5, 5.41) is 2.78. The van der Waals surface area contributed by atoms with E-state index in [0.29, 0.717) is 6.61 Å². The summed E-state index contributed by atoms with van der Waals surface area (Å²) in [6, 6.07) is 0.